The molecule has 30 heavy (non-hydrogen) atoms. The molecule has 0 heterocycles. The molecule has 0 fully saturated rings. The molecule has 0 aliphatic rings. The Morgan fingerprint density at radius 3 is 2.30 bits per heavy atom. The monoisotopic (exact) mass is 432 g/mol. The fraction of sp³-hybridized carbons (Fsp3) is 0.583. The average Bonchev–Trinajstić information content (AvgIpc) is 2.64. The molecule has 0 unspecified atom stereocenters. The van der Waals surface area contributed by atoms with Crippen LogP contribution in [-0.2, 0) is 14.0 Å². The molecule has 0 spiro atoms. The van der Waals surface area contributed by atoms with Crippen molar-refractivity contribution >= 4 is 20.1 Å². The molecule has 168 valence electrons. The number of terminal acetylenes is 1. The summed E-state index contributed by atoms with van der Waals surface area (Å²) in [6.07, 6.45) is 14.0. The number of allylic oxidation sites excluding steroid dienone is 2. The van der Waals surface area contributed by atoms with Crippen molar-refractivity contribution < 1.29 is 14.0 Å². The molecule has 0 aromatic rings. The van der Waals surface area contributed by atoms with Crippen molar-refractivity contribution in [2.75, 3.05) is 0 Å². The summed E-state index contributed by atoms with van der Waals surface area (Å²) in [6, 6.07) is -0.685. The van der Waals surface area contributed by atoms with Gasteiger partial charge in [-0.1, -0.05) is 65.0 Å². The van der Waals surface area contributed by atoms with Gasteiger partial charge < -0.3 is 15.1 Å². The van der Waals surface area contributed by atoms with Gasteiger partial charge in [-0.2, -0.15) is 0 Å². The Balaban J connectivity index is 5.13. The number of amides is 2. The Morgan fingerprint density at radius 2 is 1.83 bits per heavy atom. The van der Waals surface area contributed by atoms with Gasteiger partial charge in [0.05, 0.1) is 6.10 Å². The SMILES string of the molecule is C#CC(=O)N[C@H](C(=O)N/C=C\C[C@H](C/C=C(\C)C=C)O[Si](C)(C)C(C)(C)C)C(C)C. The third-order valence-electron chi connectivity index (χ3n) is 5.40. The quantitative estimate of drug-likeness (QED) is 0.283. The number of nitrogens with one attached hydrogen (secondary N) is 2. The van der Waals surface area contributed by atoms with E-state index in [1.54, 1.807) is 6.20 Å². The average molecular weight is 433 g/mol. The van der Waals surface area contributed by atoms with Crippen molar-refractivity contribution in [1.82, 2.24) is 10.6 Å². The van der Waals surface area contributed by atoms with E-state index in [0.717, 1.165) is 12.0 Å². The molecular weight excluding hydrogens is 392 g/mol. The summed E-state index contributed by atoms with van der Waals surface area (Å²) in [5.74, 6) is 0.996. The fourth-order valence-electron chi connectivity index (χ4n) is 2.36. The number of rotatable bonds is 11. The highest BCUT2D eigenvalue weighted by Crippen LogP contribution is 2.38. The fourth-order valence-corrected chi connectivity index (χ4v) is 3.73. The van der Waals surface area contributed by atoms with Gasteiger partial charge in [-0.25, -0.2) is 0 Å². The van der Waals surface area contributed by atoms with E-state index >= 15 is 0 Å². The van der Waals surface area contributed by atoms with Gasteiger partial charge in [0.1, 0.15) is 6.04 Å². The highest BCUT2D eigenvalue weighted by Gasteiger charge is 2.38. The molecule has 2 amide bonds. The van der Waals surface area contributed by atoms with Crippen LogP contribution in [0.3, 0.4) is 0 Å². The molecule has 6 heteroatoms. The second kappa shape index (κ2) is 12.6. The van der Waals surface area contributed by atoms with Crippen LogP contribution < -0.4 is 10.6 Å². The summed E-state index contributed by atoms with van der Waals surface area (Å²) in [6.45, 7) is 20.6. The zero-order valence-electron chi connectivity index (χ0n) is 20.0. The van der Waals surface area contributed by atoms with E-state index in [-0.39, 0.29) is 23.0 Å². The number of hydrogen-bond donors (Lipinski definition) is 2. The lowest BCUT2D eigenvalue weighted by molar-refractivity contribution is -0.127. The minimum Gasteiger partial charge on any atom is -0.413 e. The molecule has 0 aromatic carbocycles. The maximum absolute atomic E-state index is 12.4. The minimum atomic E-state index is -1.93. The first-order valence-electron chi connectivity index (χ1n) is 10.4. The van der Waals surface area contributed by atoms with Crippen LogP contribution >= 0.6 is 0 Å². The van der Waals surface area contributed by atoms with Crippen LogP contribution in [0.1, 0.15) is 54.4 Å². The summed E-state index contributed by atoms with van der Waals surface area (Å²) in [7, 11) is -1.93. The Hall–Kier alpha value is -2.10. The van der Waals surface area contributed by atoms with Gasteiger partial charge in [0.15, 0.2) is 8.32 Å². The summed E-state index contributed by atoms with van der Waals surface area (Å²) >= 11 is 0. The van der Waals surface area contributed by atoms with Gasteiger partial charge in [-0.3, -0.25) is 9.59 Å². The van der Waals surface area contributed by atoms with E-state index in [4.69, 9.17) is 10.8 Å². The van der Waals surface area contributed by atoms with Crippen LogP contribution in [0.25, 0.3) is 0 Å². The van der Waals surface area contributed by atoms with Crippen LogP contribution in [0.4, 0.5) is 0 Å². The van der Waals surface area contributed by atoms with Gasteiger partial charge in [-0.05, 0) is 55.9 Å². The predicted octanol–water partition coefficient (Wildman–Crippen LogP) is 4.69. The van der Waals surface area contributed by atoms with Crippen molar-refractivity contribution in [2.45, 2.75) is 84.7 Å². The Kier molecular flexibility index (Phi) is 11.7. The van der Waals surface area contributed by atoms with Gasteiger partial charge in [0.2, 0.25) is 5.91 Å². The Bertz CT molecular complexity index is 694. The van der Waals surface area contributed by atoms with Crippen LogP contribution in [0.15, 0.2) is 36.6 Å². The Labute approximate surface area is 184 Å². The first-order chi connectivity index (χ1) is 13.7. The van der Waals surface area contributed by atoms with E-state index in [0.29, 0.717) is 6.42 Å². The molecule has 0 aliphatic carbocycles. The third-order valence-corrected chi connectivity index (χ3v) is 9.94. The molecule has 0 aromatic heterocycles. The van der Waals surface area contributed by atoms with Crippen LogP contribution in [0.2, 0.25) is 18.1 Å². The molecule has 2 N–H and O–H groups in total. The maximum atomic E-state index is 12.4. The molecule has 0 rings (SSSR count). The number of carbonyl (C=O) groups excluding carboxylic acids is 2. The molecule has 0 saturated heterocycles. The highest BCUT2D eigenvalue weighted by molar-refractivity contribution is 6.74. The van der Waals surface area contributed by atoms with E-state index in [1.165, 1.54) is 0 Å². The lowest BCUT2D eigenvalue weighted by Crippen LogP contribution is -2.48. The second-order valence-electron chi connectivity index (χ2n) is 9.37. The smallest absolute Gasteiger partial charge is 0.296 e. The van der Waals surface area contributed by atoms with Crippen LogP contribution in [0.5, 0.6) is 0 Å². The molecule has 2 atom stereocenters. The normalized spacial score (nSPS) is 14.9. The summed E-state index contributed by atoms with van der Waals surface area (Å²) in [5, 5.41) is 5.40. The molecular formula is C24H40N2O3Si. The summed E-state index contributed by atoms with van der Waals surface area (Å²) in [5.41, 5.74) is 1.11. The molecule has 5 nitrogen and oxygen atoms in total. The van der Waals surface area contributed by atoms with Crippen LogP contribution in [0, 0.1) is 18.3 Å². The minimum absolute atomic E-state index is 0.0102. The lowest BCUT2D eigenvalue weighted by Gasteiger charge is -2.39. The van der Waals surface area contributed by atoms with E-state index in [2.05, 4.69) is 57.2 Å². The Morgan fingerprint density at radius 1 is 1.23 bits per heavy atom. The molecule has 0 bridgehead atoms. The van der Waals surface area contributed by atoms with Crippen molar-refractivity contribution in [1.29, 1.82) is 0 Å². The molecule has 0 aliphatic heterocycles. The van der Waals surface area contributed by atoms with E-state index in [9.17, 15) is 9.59 Å². The van der Waals surface area contributed by atoms with Crippen molar-refractivity contribution in [3.8, 4) is 12.3 Å². The second-order valence-corrected chi connectivity index (χ2v) is 14.1. The summed E-state index contributed by atoms with van der Waals surface area (Å²) < 4.78 is 6.57. The highest BCUT2D eigenvalue weighted by atomic mass is 28.4. The first-order valence-corrected chi connectivity index (χ1v) is 13.4. The topological polar surface area (TPSA) is 67.4 Å². The zero-order chi connectivity index (χ0) is 23.5. The number of carbonyl (C=O) groups is 2. The first kappa shape index (κ1) is 27.9. The molecule has 0 saturated carbocycles. The van der Waals surface area contributed by atoms with Gasteiger partial charge in [0, 0.05) is 0 Å². The zero-order valence-corrected chi connectivity index (χ0v) is 21.0. The van der Waals surface area contributed by atoms with Crippen molar-refractivity contribution in [2.24, 2.45) is 5.92 Å². The van der Waals surface area contributed by atoms with Crippen LogP contribution in [-0.4, -0.2) is 32.3 Å². The number of hydrogen-bond acceptors (Lipinski definition) is 3. The van der Waals surface area contributed by atoms with E-state index in [1.807, 2.05) is 38.8 Å². The van der Waals surface area contributed by atoms with Gasteiger partial charge in [0.25, 0.3) is 5.91 Å². The summed E-state index contributed by atoms with van der Waals surface area (Å²) in [4.78, 5) is 23.8. The molecule has 0 radical (unpaired) electrons. The lowest BCUT2D eigenvalue weighted by atomic mass is 10.0. The van der Waals surface area contributed by atoms with Crippen molar-refractivity contribution in [3.05, 3.63) is 36.6 Å². The standard InChI is InChI=1S/C24H40N2O3Si/c1-11-19(5)15-16-20(29-30(9,10)24(6,7)8)14-13-17-25-23(28)22(18(3)4)26-21(27)12-2/h2,11,13,15,17-18,20,22H,1,14,16H2,3-10H3,(H,25,28)(H,26,27)/b17-13-,19-15+/t20-,22+/m1/s1. The van der Waals surface area contributed by atoms with E-state index < -0.39 is 20.3 Å². The maximum Gasteiger partial charge on any atom is 0.296 e. The van der Waals surface area contributed by atoms with Crippen molar-refractivity contribution in [3.63, 3.8) is 0 Å². The van der Waals surface area contributed by atoms with Gasteiger partial charge in [-0.15, -0.1) is 6.42 Å². The third kappa shape index (κ3) is 10.1. The van der Waals surface area contributed by atoms with Gasteiger partial charge >= 0.3 is 0 Å². The largest absolute Gasteiger partial charge is 0.413 e. The predicted molar refractivity (Wildman–Crippen MR) is 128 cm³/mol.